The number of hydrogen-bond donors (Lipinski definition) is 3. The van der Waals surface area contributed by atoms with E-state index in [-0.39, 0.29) is 17.8 Å². The van der Waals surface area contributed by atoms with Crippen LogP contribution in [0.5, 0.6) is 5.75 Å². The molecule has 0 spiro atoms. The number of phenolic OH excluding ortho intramolecular Hbond substituents is 1. The molecular weight excluding hydrogens is 540 g/mol. The molecule has 214 valence electrons. The summed E-state index contributed by atoms with van der Waals surface area (Å²) in [5.41, 5.74) is 2.75. The predicted molar refractivity (Wildman–Crippen MR) is 141 cm³/mol. The first-order valence-corrected chi connectivity index (χ1v) is 14.4. The van der Waals surface area contributed by atoms with Crippen LogP contribution in [0.2, 0.25) is 0 Å². The molecular formula is C28H32N2O9S. The summed E-state index contributed by atoms with van der Waals surface area (Å²) in [4.78, 5) is 80.8. The van der Waals surface area contributed by atoms with Crippen LogP contribution in [0.25, 0.3) is 0 Å². The minimum Gasteiger partial charge on any atom is -0.507 e. The Kier molecular flexibility index (Phi) is 7.38. The van der Waals surface area contributed by atoms with Crippen molar-refractivity contribution < 1.29 is 43.7 Å². The number of ether oxygens (including phenoxy) is 1. The molecule has 0 heterocycles. The van der Waals surface area contributed by atoms with Crippen LogP contribution in [0.3, 0.4) is 0 Å². The van der Waals surface area contributed by atoms with Crippen molar-refractivity contribution in [3.05, 3.63) is 29.3 Å². The van der Waals surface area contributed by atoms with E-state index < -0.39 is 76.4 Å². The van der Waals surface area contributed by atoms with Crippen molar-refractivity contribution in [2.45, 2.75) is 54.6 Å². The van der Waals surface area contributed by atoms with Gasteiger partial charge in [0.2, 0.25) is 5.91 Å². The minimum atomic E-state index is -3.02. The number of primary amides is 1. The summed E-state index contributed by atoms with van der Waals surface area (Å²) in [6.45, 7) is 0.115. The highest BCUT2D eigenvalue weighted by Gasteiger charge is 2.74. The number of carbonyl (C=O) groups excluding carboxylic acids is 6. The van der Waals surface area contributed by atoms with Gasteiger partial charge in [0.05, 0.1) is 23.4 Å². The molecule has 1 aromatic carbocycles. The van der Waals surface area contributed by atoms with E-state index in [1.807, 2.05) is 0 Å². The second kappa shape index (κ2) is 10.4. The number of aromatic hydroxyl groups is 1. The maximum atomic E-state index is 14.3. The Bertz CT molecular complexity index is 1290. The Hall–Kier alpha value is -3.09. The lowest BCUT2D eigenvalue weighted by molar-refractivity contribution is -0.201. The van der Waals surface area contributed by atoms with E-state index in [0.29, 0.717) is 16.6 Å². The number of aliphatic hydroxyl groups is 1. The number of amides is 1. The molecule has 0 radical (unpaired) electrons. The summed E-state index contributed by atoms with van der Waals surface area (Å²) in [5.74, 6) is -12.6. The third-order valence-electron chi connectivity index (χ3n) is 9.15. The third kappa shape index (κ3) is 4.02. The summed E-state index contributed by atoms with van der Waals surface area (Å²) in [5, 5.41) is 23.0. The van der Waals surface area contributed by atoms with Gasteiger partial charge in [0.15, 0.2) is 34.7 Å². The van der Waals surface area contributed by atoms with Gasteiger partial charge >= 0.3 is 0 Å². The molecule has 4 N–H and O–H groups in total. The zero-order valence-electron chi connectivity index (χ0n) is 22.1. The SMILES string of the molecule is CN(C)[C@@H]1C(=O)C(C(N)=O)C(=O)[C@@]2(O)C(=O)C3C(=O)c4c(O)cccc4[C@H](CSC4CCCC4)[C@H]3[C@H](OC=O)[C@@H]12. The van der Waals surface area contributed by atoms with Crippen LogP contribution < -0.4 is 5.73 Å². The number of likely N-dealkylation sites (N-methyl/N-ethyl adjacent to an activating group) is 1. The molecule has 0 saturated heterocycles. The van der Waals surface area contributed by atoms with Crippen molar-refractivity contribution >= 4 is 47.3 Å². The van der Waals surface area contributed by atoms with Gasteiger partial charge in [-0.1, -0.05) is 25.0 Å². The first-order chi connectivity index (χ1) is 19.0. The number of rotatable bonds is 7. The molecule has 1 amide bonds. The van der Waals surface area contributed by atoms with Gasteiger partial charge in [0.25, 0.3) is 6.47 Å². The molecule has 0 aliphatic heterocycles. The van der Waals surface area contributed by atoms with Crippen LogP contribution in [0, 0.1) is 23.7 Å². The van der Waals surface area contributed by atoms with Crippen molar-refractivity contribution in [1.29, 1.82) is 0 Å². The smallest absolute Gasteiger partial charge is 0.293 e. The van der Waals surface area contributed by atoms with Crippen molar-refractivity contribution in [1.82, 2.24) is 4.90 Å². The molecule has 3 fully saturated rings. The largest absolute Gasteiger partial charge is 0.507 e. The normalized spacial score (nSPS) is 35.8. The Labute approximate surface area is 234 Å². The highest BCUT2D eigenvalue weighted by molar-refractivity contribution is 7.99. The molecule has 0 bridgehead atoms. The molecule has 3 saturated carbocycles. The van der Waals surface area contributed by atoms with E-state index >= 15 is 0 Å². The molecule has 40 heavy (non-hydrogen) atoms. The second-order valence-electron chi connectivity index (χ2n) is 11.4. The van der Waals surface area contributed by atoms with E-state index in [2.05, 4.69) is 0 Å². The molecule has 4 aliphatic carbocycles. The minimum absolute atomic E-state index is 0.0871. The number of Topliss-reactive ketones (excluding diaryl/α,β-unsaturated/α-hetero) is 4. The molecule has 2 unspecified atom stereocenters. The third-order valence-corrected chi connectivity index (χ3v) is 10.6. The molecule has 8 atom stereocenters. The quantitative estimate of drug-likeness (QED) is 0.301. The maximum absolute atomic E-state index is 14.3. The highest BCUT2D eigenvalue weighted by atomic mass is 32.2. The van der Waals surface area contributed by atoms with Gasteiger partial charge in [-0.05, 0) is 38.6 Å². The number of thioether (sulfide) groups is 1. The second-order valence-corrected chi connectivity index (χ2v) is 12.7. The van der Waals surface area contributed by atoms with Gasteiger partial charge in [0, 0.05) is 22.8 Å². The number of nitrogens with zero attached hydrogens (tertiary/aromatic N) is 1. The number of carbonyl (C=O) groups is 6. The average molecular weight is 573 g/mol. The first-order valence-electron chi connectivity index (χ1n) is 13.3. The molecule has 0 aromatic heterocycles. The number of benzene rings is 1. The van der Waals surface area contributed by atoms with Gasteiger partial charge in [0.1, 0.15) is 11.9 Å². The van der Waals surface area contributed by atoms with Crippen molar-refractivity contribution in [3.8, 4) is 5.75 Å². The van der Waals surface area contributed by atoms with Crippen LogP contribution in [0.4, 0.5) is 0 Å². The van der Waals surface area contributed by atoms with Gasteiger partial charge < -0.3 is 20.7 Å². The molecule has 1 aromatic rings. The number of nitrogens with two attached hydrogens (primary N) is 1. The fourth-order valence-electron chi connectivity index (χ4n) is 7.47. The highest BCUT2D eigenvalue weighted by Crippen LogP contribution is 2.56. The summed E-state index contributed by atoms with van der Waals surface area (Å²) in [7, 11) is 2.94. The van der Waals surface area contributed by atoms with Gasteiger partial charge in [-0.3, -0.25) is 33.7 Å². The fraction of sp³-hybridized carbons (Fsp3) is 0.571. The lowest BCUT2D eigenvalue weighted by Gasteiger charge is -2.56. The zero-order valence-corrected chi connectivity index (χ0v) is 23.0. The lowest BCUT2D eigenvalue weighted by atomic mass is 9.49. The van der Waals surface area contributed by atoms with Crippen LogP contribution in [-0.4, -0.2) is 93.5 Å². The Morgan fingerprint density at radius 3 is 2.45 bits per heavy atom. The summed E-state index contributed by atoms with van der Waals surface area (Å²) >= 11 is 1.66. The standard InChI is InChI=1S/C28H32N2O9S/c1-30(2)21-20-24(39-11-31)17-14(10-40-12-6-3-4-7-12)13-8-5-9-15(32)16(13)22(33)18(17)25(35)28(20,38)26(36)19(23(21)34)27(29)37/h5,8-9,11-12,14,17-21,24,32,38H,3-4,6-7,10H2,1-2H3,(H2,29,37)/t14-,17+,18?,19?,20+,21-,24-,28-/m0/s1. The number of hydrogen-bond acceptors (Lipinski definition) is 11. The Morgan fingerprint density at radius 2 is 1.85 bits per heavy atom. The fourth-order valence-corrected chi connectivity index (χ4v) is 9.01. The average Bonchev–Trinajstić information content (AvgIpc) is 3.41. The Balaban J connectivity index is 1.72. The number of ketones is 4. The Morgan fingerprint density at radius 1 is 1.18 bits per heavy atom. The topological polar surface area (TPSA) is 181 Å². The monoisotopic (exact) mass is 572 g/mol. The van der Waals surface area contributed by atoms with Crippen molar-refractivity contribution in [2.24, 2.45) is 29.4 Å². The van der Waals surface area contributed by atoms with E-state index in [0.717, 1.165) is 25.7 Å². The lowest BCUT2D eigenvalue weighted by Crippen LogP contribution is -2.78. The molecule has 4 aliphatic rings. The molecule has 11 nitrogen and oxygen atoms in total. The number of phenols is 1. The van der Waals surface area contributed by atoms with Gasteiger partial charge in [-0.15, -0.1) is 0 Å². The van der Waals surface area contributed by atoms with E-state index in [4.69, 9.17) is 10.5 Å². The van der Waals surface area contributed by atoms with E-state index in [1.54, 1.807) is 23.9 Å². The number of fused-ring (bicyclic) bond motifs is 3. The van der Waals surface area contributed by atoms with Crippen LogP contribution >= 0.6 is 11.8 Å². The van der Waals surface area contributed by atoms with E-state index in [9.17, 15) is 39.0 Å². The predicted octanol–water partition coefficient (Wildman–Crippen LogP) is 0.235. The van der Waals surface area contributed by atoms with Crippen molar-refractivity contribution in [3.63, 3.8) is 0 Å². The van der Waals surface area contributed by atoms with Crippen LogP contribution in [-0.2, 0) is 28.7 Å². The molecule has 5 rings (SSSR count). The van der Waals surface area contributed by atoms with Gasteiger partial charge in [-0.25, -0.2) is 0 Å². The van der Waals surface area contributed by atoms with Gasteiger partial charge in [-0.2, -0.15) is 11.8 Å². The first kappa shape index (κ1) is 28.4. The van der Waals surface area contributed by atoms with Crippen molar-refractivity contribution in [2.75, 3.05) is 19.8 Å². The summed E-state index contributed by atoms with van der Waals surface area (Å²) < 4.78 is 5.54. The van der Waals surface area contributed by atoms with Crippen LogP contribution in [0.1, 0.15) is 47.5 Å². The molecule has 12 heteroatoms. The van der Waals surface area contributed by atoms with Crippen LogP contribution in [0.15, 0.2) is 18.2 Å². The van der Waals surface area contributed by atoms with E-state index in [1.165, 1.54) is 25.1 Å². The summed E-state index contributed by atoms with van der Waals surface area (Å²) in [6.07, 6.45) is 2.77. The summed E-state index contributed by atoms with van der Waals surface area (Å²) in [6, 6.07) is 3.17. The zero-order chi connectivity index (χ0) is 29.1. The maximum Gasteiger partial charge on any atom is 0.293 e.